The zero-order chi connectivity index (χ0) is 19.5. The molecule has 0 aliphatic heterocycles. The predicted molar refractivity (Wildman–Crippen MR) is 110 cm³/mol. The van der Waals surface area contributed by atoms with Crippen LogP contribution in [0.1, 0.15) is 42.3 Å². The van der Waals surface area contributed by atoms with Crippen molar-refractivity contribution in [3.05, 3.63) is 83.4 Å². The molecule has 1 aliphatic carbocycles. The number of allylic oxidation sites excluding steroid dienone is 1. The maximum atomic E-state index is 9.30. The third kappa shape index (κ3) is 3.44. The highest BCUT2D eigenvalue weighted by Gasteiger charge is 2.30. The minimum absolute atomic E-state index is 0.315. The Morgan fingerprint density at radius 2 is 1.96 bits per heavy atom. The third-order valence-corrected chi connectivity index (χ3v) is 5.79. The Kier molecular flexibility index (Phi) is 4.99. The lowest BCUT2D eigenvalue weighted by molar-refractivity contribution is 0.326. The number of hydrogen-bond donors (Lipinski definition) is 0. The molecule has 0 saturated carbocycles. The number of hydrogen-bond acceptors (Lipinski definition) is 4. The molecule has 2 aromatic heterocycles. The Balaban J connectivity index is 1.60. The zero-order valence-electron chi connectivity index (χ0n) is 16.1. The van der Waals surface area contributed by atoms with Crippen LogP contribution >= 0.6 is 0 Å². The van der Waals surface area contributed by atoms with Gasteiger partial charge < -0.3 is 0 Å². The molecule has 0 fully saturated rings. The predicted octanol–water partition coefficient (Wildman–Crippen LogP) is 5.04. The lowest BCUT2D eigenvalue weighted by Crippen LogP contribution is -2.26. The second-order valence-electron chi connectivity index (χ2n) is 7.49. The van der Waals surface area contributed by atoms with Gasteiger partial charge in [0.05, 0.1) is 23.0 Å². The van der Waals surface area contributed by atoms with Gasteiger partial charge in [-0.2, -0.15) is 15.5 Å². The Morgan fingerprint density at radius 1 is 1.11 bits per heavy atom. The van der Waals surface area contributed by atoms with Gasteiger partial charge in [0.25, 0.3) is 0 Å². The summed E-state index contributed by atoms with van der Waals surface area (Å²) in [6.45, 7) is 4.58. The molecular weight excluding hydrogens is 344 g/mol. The van der Waals surface area contributed by atoms with E-state index in [1.165, 1.54) is 5.56 Å². The first-order valence-corrected chi connectivity index (χ1v) is 9.61. The van der Waals surface area contributed by atoms with Crippen LogP contribution in [0.4, 0.5) is 0 Å². The van der Waals surface area contributed by atoms with E-state index in [0.29, 0.717) is 23.3 Å². The van der Waals surface area contributed by atoms with E-state index in [0.717, 1.165) is 28.9 Å². The van der Waals surface area contributed by atoms with Gasteiger partial charge in [-0.3, -0.25) is 4.98 Å². The van der Waals surface area contributed by atoms with Crippen molar-refractivity contribution in [1.29, 1.82) is 5.26 Å². The van der Waals surface area contributed by atoms with Gasteiger partial charge in [0.1, 0.15) is 0 Å². The molecule has 0 saturated heterocycles. The van der Waals surface area contributed by atoms with Gasteiger partial charge in [-0.25, -0.2) is 0 Å². The molecule has 4 heteroatoms. The van der Waals surface area contributed by atoms with Crippen molar-refractivity contribution in [2.24, 2.45) is 11.8 Å². The molecule has 0 amide bonds. The number of nitriles is 1. The van der Waals surface area contributed by atoms with Crippen LogP contribution in [0.5, 0.6) is 0 Å². The van der Waals surface area contributed by atoms with E-state index in [1.54, 1.807) is 6.20 Å². The third-order valence-electron chi connectivity index (χ3n) is 5.79. The van der Waals surface area contributed by atoms with Crippen molar-refractivity contribution in [3.63, 3.8) is 0 Å². The minimum Gasteiger partial charge on any atom is -0.256 e. The fourth-order valence-corrected chi connectivity index (χ4v) is 3.94. The molecule has 0 spiro atoms. The van der Waals surface area contributed by atoms with E-state index in [9.17, 15) is 5.26 Å². The van der Waals surface area contributed by atoms with Crippen molar-refractivity contribution in [1.82, 2.24) is 15.2 Å². The Bertz CT molecular complexity index is 1050. The molecule has 28 heavy (non-hydrogen) atoms. The summed E-state index contributed by atoms with van der Waals surface area (Å²) in [5.74, 6) is 1.42. The van der Waals surface area contributed by atoms with Gasteiger partial charge in [0.15, 0.2) is 0 Å². The Morgan fingerprint density at radius 3 is 2.75 bits per heavy atom. The van der Waals surface area contributed by atoms with Crippen molar-refractivity contribution >= 4 is 6.08 Å². The van der Waals surface area contributed by atoms with Crippen molar-refractivity contribution in [2.75, 3.05) is 0 Å². The topological polar surface area (TPSA) is 62.5 Å². The number of aromatic nitrogens is 3. The number of pyridine rings is 1. The highest BCUT2D eigenvalue weighted by Crippen LogP contribution is 2.39. The van der Waals surface area contributed by atoms with Crippen LogP contribution in [0.15, 0.2) is 60.9 Å². The zero-order valence-corrected chi connectivity index (χ0v) is 16.1. The Hall–Kier alpha value is -3.32. The number of benzene rings is 1. The van der Waals surface area contributed by atoms with Crippen LogP contribution in [0.2, 0.25) is 0 Å². The lowest BCUT2D eigenvalue weighted by Gasteiger charge is -2.33. The summed E-state index contributed by atoms with van der Waals surface area (Å²) in [7, 11) is 0. The van der Waals surface area contributed by atoms with Gasteiger partial charge in [-0.1, -0.05) is 44.2 Å². The first-order valence-electron chi connectivity index (χ1n) is 9.61. The Labute approximate surface area is 165 Å². The molecule has 0 unspecified atom stereocenters. The SMILES string of the molecule is C[C@H]1[C@H](C=Cc2ccc(-c3ccccc3C#N)cn2)c2ccnnc2C[C@@H]1C. The molecule has 1 aromatic carbocycles. The first kappa shape index (κ1) is 18.1. The fourth-order valence-electron chi connectivity index (χ4n) is 3.94. The summed E-state index contributed by atoms with van der Waals surface area (Å²) < 4.78 is 0. The summed E-state index contributed by atoms with van der Waals surface area (Å²) in [5, 5.41) is 17.7. The lowest BCUT2D eigenvalue weighted by atomic mass is 9.72. The molecule has 4 nitrogen and oxygen atoms in total. The molecule has 3 atom stereocenters. The normalized spacial score (nSPS) is 21.2. The highest BCUT2D eigenvalue weighted by molar-refractivity contribution is 5.70. The molecule has 0 bridgehead atoms. The summed E-state index contributed by atoms with van der Waals surface area (Å²) in [5.41, 5.74) is 5.82. The standard InChI is InChI=1S/C24H22N4/c1-16-13-24-23(11-12-27-28-24)21(17(16)2)10-9-20-8-7-19(15-26-20)22-6-4-3-5-18(22)14-25/h3-12,15-17,21H,13H2,1-2H3/t16-,17+,21-/m0/s1. The van der Waals surface area contributed by atoms with Crippen LogP contribution in [0.3, 0.4) is 0 Å². The van der Waals surface area contributed by atoms with Gasteiger partial charge in [0, 0.05) is 29.4 Å². The summed E-state index contributed by atoms with van der Waals surface area (Å²) in [4.78, 5) is 4.59. The summed E-state index contributed by atoms with van der Waals surface area (Å²) >= 11 is 0. The van der Waals surface area contributed by atoms with Gasteiger partial charge in [-0.15, -0.1) is 0 Å². The van der Waals surface area contributed by atoms with Crippen LogP contribution < -0.4 is 0 Å². The molecule has 1 aliphatic rings. The number of rotatable bonds is 3. The largest absolute Gasteiger partial charge is 0.256 e. The van der Waals surface area contributed by atoms with Gasteiger partial charge in [-0.05, 0) is 48.1 Å². The smallest absolute Gasteiger partial charge is 0.0998 e. The number of nitrogens with zero attached hydrogens (tertiary/aromatic N) is 4. The number of fused-ring (bicyclic) bond motifs is 1. The maximum absolute atomic E-state index is 9.30. The molecule has 138 valence electrons. The van der Waals surface area contributed by atoms with Crippen LogP contribution in [-0.2, 0) is 6.42 Å². The molecule has 4 rings (SSSR count). The van der Waals surface area contributed by atoms with Crippen molar-refractivity contribution in [2.45, 2.75) is 26.2 Å². The monoisotopic (exact) mass is 366 g/mol. The molecular formula is C24H22N4. The van der Waals surface area contributed by atoms with Crippen LogP contribution in [0.25, 0.3) is 17.2 Å². The molecule has 0 N–H and O–H groups in total. The van der Waals surface area contributed by atoms with E-state index < -0.39 is 0 Å². The van der Waals surface area contributed by atoms with Crippen molar-refractivity contribution in [3.8, 4) is 17.2 Å². The molecule has 2 heterocycles. The molecule has 3 aromatic rings. The second-order valence-corrected chi connectivity index (χ2v) is 7.49. The molecule has 0 radical (unpaired) electrons. The van der Waals surface area contributed by atoms with E-state index in [2.05, 4.69) is 53.3 Å². The average molecular weight is 366 g/mol. The van der Waals surface area contributed by atoms with Crippen LogP contribution in [0, 0.1) is 23.2 Å². The van der Waals surface area contributed by atoms with Gasteiger partial charge >= 0.3 is 0 Å². The summed E-state index contributed by atoms with van der Waals surface area (Å²) in [6, 6.07) is 16.0. The second kappa shape index (κ2) is 7.74. The van der Waals surface area contributed by atoms with Crippen LogP contribution in [-0.4, -0.2) is 15.2 Å². The van der Waals surface area contributed by atoms with Crippen molar-refractivity contribution < 1.29 is 0 Å². The van der Waals surface area contributed by atoms with E-state index in [1.807, 2.05) is 42.6 Å². The summed E-state index contributed by atoms with van der Waals surface area (Å²) in [6.07, 6.45) is 8.93. The fraction of sp³-hybridized carbons (Fsp3) is 0.250. The minimum atomic E-state index is 0.315. The quantitative estimate of drug-likeness (QED) is 0.652. The maximum Gasteiger partial charge on any atom is 0.0998 e. The highest BCUT2D eigenvalue weighted by atomic mass is 15.1. The first-order chi connectivity index (χ1) is 13.7. The van der Waals surface area contributed by atoms with E-state index in [-0.39, 0.29) is 0 Å². The average Bonchev–Trinajstić information content (AvgIpc) is 2.74. The van der Waals surface area contributed by atoms with E-state index in [4.69, 9.17) is 0 Å². The van der Waals surface area contributed by atoms with E-state index >= 15 is 0 Å². The van der Waals surface area contributed by atoms with Gasteiger partial charge in [0.2, 0.25) is 0 Å².